The number of likely N-dealkylation sites (tertiary alicyclic amines) is 1. The van der Waals surface area contributed by atoms with Crippen LogP contribution in [0.25, 0.3) is 11.0 Å². The summed E-state index contributed by atoms with van der Waals surface area (Å²) in [5.41, 5.74) is 8.11. The topological polar surface area (TPSA) is 112 Å². The van der Waals surface area contributed by atoms with E-state index in [0.29, 0.717) is 42.2 Å². The second-order valence-electron chi connectivity index (χ2n) is 8.45. The van der Waals surface area contributed by atoms with Crippen LogP contribution in [0.4, 0.5) is 5.82 Å². The number of carbonyl (C=O) groups is 1. The van der Waals surface area contributed by atoms with E-state index in [2.05, 4.69) is 33.4 Å². The van der Waals surface area contributed by atoms with Crippen molar-refractivity contribution in [1.29, 1.82) is 0 Å². The lowest BCUT2D eigenvalue weighted by Crippen LogP contribution is -2.40. The van der Waals surface area contributed by atoms with Crippen LogP contribution in [0.15, 0.2) is 49.4 Å². The predicted molar refractivity (Wildman–Crippen MR) is 138 cm³/mol. The lowest BCUT2D eigenvalue weighted by Gasteiger charge is -2.32. The summed E-state index contributed by atoms with van der Waals surface area (Å²) in [6.07, 6.45) is 6.33. The van der Waals surface area contributed by atoms with Crippen LogP contribution in [-0.2, 0) is 11.4 Å². The average molecular weight is 500 g/mol. The highest BCUT2D eigenvalue weighted by molar-refractivity contribution is 7.11. The molecule has 5 rings (SSSR count). The lowest BCUT2D eigenvalue weighted by atomic mass is 10.1. The first kappa shape index (κ1) is 23.5. The van der Waals surface area contributed by atoms with E-state index in [-0.39, 0.29) is 11.9 Å². The molecule has 0 radical (unpaired) electrons. The Hall–Kier alpha value is -4.23. The number of carbonyl (C=O) groups excluding carboxylic acids is 1. The Labute approximate surface area is 212 Å². The third-order valence-corrected chi connectivity index (χ3v) is 6.84. The van der Waals surface area contributed by atoms with Gasteiger partial charge < -0.3 is 15.4 Å². The van der Waals surface area contributed by atoms with Gasteiger partial charge in [-0.2, -0.15) is 5.10 Å². The Morgan fingerprint density at radius 1 is 1.33 bits per heavy atom. The molecule has 0 spiro atoms. The maximum atomic E-state index is 12.2. The number of ether oxygens (including phenoxy) is 1. The van der Waals surface area contributed by atoms with Crippen molar-refractivity contribution in [3.8, 4) is 17.6 Å². The number of aromatic nitrogens is 5. The van der Waals surface area contributed by atoms with Gasteiger partial charge in [-0.15, -0.1) is 11.3 Å². The number of aryl methyl sites for hydroxylation is 1. The largest absolute Gasteiger partial charge is 0.488 e. The van der Waals surface area contributed by atoms with Crippen molar-refractivity contribution in [1.82, 2.24) is 29.6 Å². The highest BCUT2D eigenvalue weighted by Gasteiger charge is 2.27. The fraction of sp³-hybridized carbons (Fsp3) is 0.269. The molecule has 0 saturated carbocycles. The molecule has 1 saturated heterocycles. The highest BCUT2D eigenvalue weighted by Crippen LogP contribution is 2.28. The number of hydrogen-bond acceptors (Lipinski definition) is 8. The number of fused-ring (bicyclic) bond motifs is 1. The molecule has 10 heteroatoms. The maximum Gasteiger partial charge on any atom is 0.246 e. The van der Waals surface area contributed by atoms with Gasteiger partial charge in [0.2, 0.25) is 5.91 Å². The van der Waals surface area contributed by atoms with E-state index in [4.69, 9.17) is 15.6 Å². The molecule has 2 N–H and O–H groups in total. The summed E-state index contributed by atoms with van der Waals surface area (Å²) in [5.74, 6) is 7.28. The van der Waals surface area contributed by atoms with E-state index < -0.39 is 0 Å². The SMILES string of the molecule is C=CC(=O)N1CCCC(n2nc(C#Cc3cccc(OCc4cnc(C)s4)c3)c3c(N)ncnc32)C1. The molecule has 4 aromatic rings. The van der Waals surface area contributed by atoms with Crippen molar-refractivity contribution < 1.29 is 9.53 Å². The minimum absolute atomic E-state index is 0.0397. The number of nitrogens with two attached hydrogens (primary N) is 1. The zero-order valence-corrected chi connectivity index (χ0v) is 20.7. The molecule has 1 aromatic carbocycles. The van der Waals surface area contributed by atoms with Crippen LogP contribution in [0.3, 0.4) is 0 Å². The van der Waals surface area contributed by atoms with Crippen molar-refractivity contribution in [2.75, 3.05) is 18.8 Å². The molecule has 1 fully saturated rings. The molecule has 3 aromatic heterocycles. The standard InChI is InChI=1S/C26H25N7O2S/c1-3-23(34)32-11-5-7-19(14-32)33-26-24(25(27)29-16-30-26)22(31-33)10-9-18-6-4-8-20(12-18)35-15-21-13-28-17(2)36-21/h3-4,6,8,12-13,16,19H,1,5,7,11,14-15H2,2H3,(H2,27,29,30). The van der Waals surface area contributed by atoms with Crippen molar-refractivity contribution >= 4 is 34.1 Å². The Balaban J connectivity index is 1.42. The first-order chi connectivity index (χ1) is 17.5. The lowest BCUT2D eigenvalue weighted by molar-refractivity contribution is -0.127. The molecule has 9 nitrogen and oxygen atoms in total. The Morgan fingerprint density at radius 2 is 2.22 bits per heavy atom. The van der Waals surface area contributed by atoms with Crippen LogP contribution >= 0.6 is 11.3 Å². The molecule has 1 aliphatic rings. The summed E-state index contributed by atoms with van der Waals surface area (Å²) in [6.45, 7) is 7.26. The van der Waals surface area contributed by atoms with Crippen molar-refractivity contribution in [3.63, 3.8) is 0 Å². The van der Waals surface area contributed by atoms with E-state index in [1.165, 1.54) is 12.4 Å². The van der Waals surface area contributed by atoms with E-state index in [9.17, 15) is 4.79 Å². The number of amides is 1. The second kappa shape index (κ2) is 10.2. The molecule has 1 unspecified atom stereocenters. The smallest absolute Gasteiger partial charge is 0.246 e. The molecule has 1 amide bonds. The molecule has 1 atom stereocenters. The van der Waals surface area contributed by atoms with Crippen LogP contribution in [-0.4, -0.2) is 48.6 Å². The number of anilines is 1. The summed E-state index contributed by atoms with van der Waals surface area (Å²) in [5, 5.41) is 6.40. The molecule has 182 valence electrons. The monoisotopic (exact) mass is 499 g/mol. The fourth-order valence-corrected chi connectivity index (χ4v) is 4.95. The molecule has 1 aliphatic heterocycles. The summed E-state index contributed by atoms with van der Waals surface area (Å²) in [4.78, 5) is 27.9. The van der Waals surface area contributed by atoms with Gasteiger partial charge in [-0.25, -0.2) is 19.6 Å². The van der Waals surface area contributed by atoms with Gasteiger partial charge in [0.1, 0.15) is 30.2 Å². The summed E-state index contributed by atoms with van der Waals surface area (Å²) in [6, 6.07) is 7.56. The third-order valence-electron chi connectivity index (χ3n) is 5.96. The fourth-order valence-electron chi connectivity index (χ4n) is 4.24. The minimum Gasteiger partial charge on any atom is -0.488 e. The molecular weight excluding hydrogens is 474 g/mol. The number of piperidine rings is 1. The quantitative estimate of drug-likeness (QED) is 0.330. The average Bonchev–Trinajstić information content (AvgIpc) is 3.50. The first-order valence-electron chi connectivity index (χ1n) is 11.6. The Morgan fingerprint density at radius 3 is 3.03 bits per heavy atom. The van der Waals surface area contributed by atoms with Gasteiger partial charge in [-0.05, 0) is 50.0 Å². The number of nitrogens with zero attached hydrogens (tertiary/aromatic N) is 6. The zero-order chi connectivity index (χ0) is 25.1. The number of rotatable bonds is 5. The Bertz CT molecular complexity index is 1500. The molecular formula is C26H25N7O2S. The number of hydrogen-bond donors (Lipinski definition) is 1. The number of thiazole rings is 1. The minimum atomic E-state index is -0.0853. The Kier molecular flexibility index (Phi) is 6.64. The first-order valence-corrected chi connectivity index (χ1v) is 12.4. The van der Waals surface area contributed by atoms with Gasteiger partial charge in [0.05, 0.1) is 21.3 Å². The molecule has 0 aliphatic carbocycles. The van der Waals surface area contributed by atoms with Gasteiger partial charge >= 0.3 is 0 Å². The molecule has 0 bridgehead atoms. The normalized spacial score (nSPS) is 15.4. The van der Waals surface area contributed by atoms with E-state index in [1.807, 2.05) is 42.1 Å². The van der Waals surface area contributed by atoms with Crippen molar-refractivity contribution in [3.05, 3.63) is 70.6 Å². The van der Waals surface area contributed by atoms with Gasteiger partial charge in [-0.3, -0.25) is 4.79 Å². The van der Waals surface area contributed by atoms with Crippen LogP contribution in [0.5, 0.6) is 5.75 Å². The van der Waals surface area contributed by atoms with E-state index in [1.54, 1.807) is 16.2 Å². The summed E-state index contributed by atoms with van der Waals surface area (Å²) in [7, 11) is 0. The zero-order valence-electron chi connectivity index (χ0n) is 19.8. The van der Waals surface area contributed by atoms with E-state index >= 15 is 0 Å². The molecule has 4 heterocycles. The van der Waals surface area contributed by atoms with Gasteiger partial charge in [0, 0.05) is 24.8 Å². The van der Waals surface area contributed by atoms with Crippen molar-refractivity contribution in [2.45, 2.75) is 32.4 Å². The summed E-state index contributed by atoms with van der Waals surface area (Å²) < 4.78 is 7.74. The van der Waals surface area contributed by atoms with E-state index in [0.717, 1.165) is 34.0 Å². The van der Waals surface area contributed by atoms with Gasteiger partial charge in [0.15, 0.2) is 5.65 Å². The van der Waals surface area contributed by atoms with Gasteiger partial charge in [-0.1, -0.05) is 18.6 Å². The number of nitrogen functional groups attached to an aromatic ring is 1. The molecule has 36 heavy (non-hydrogen) atoms. The second-order valence-corrected chi connectivity index (χ2v) is 9.77. The van der Waals surface area contributed by atoms with Crippen molar-refractivity contribution in [2.24, 2.45) is 0 Å². The predicted octanol–water partition coefficient (Wildman–Crippen LogP) is 3.50. The highest BCUT2D eigenvalue weighted by atomic mass is 32.1. The van der Waals surface area contributed by atoms with Crippen LogP contribution < -0.4 is 10.5 Å². The van der Waals surface area contributed by atoms with Crippen LogP contribution in [0.2, 0.25) is 0 Å². The maximum absolute atomic E-state index is 12.2. The third kappa shape index (κ3) is 4.92. The van der Waals surface area contributed by atoms with Crippen LogP contribution in [0.1, 0.15) is 40.0 Å². The summed E-state index contributed by atoms with van der Waals surface area (Å²) >= 11 is 1.61. The number of benzene rings is 1. The van der Waals surface area contributed by atoms with Crippen LogP contribution in [0, 0.1) is 18.8 Å². The van der Waals surface area contributed by atoms with Gasteiger partial charge in [0.25, 0.3) is 0 Å².